The normalized spacial score (nSPS) is 10.4. The van der Waals surface area contributed by atoms with Crippen LogP contribution in [0, 0.1) is 0 Å². The van der Waals surface area contributed by atoms with Crippen LogP contribution in [0.3, 0.4) is 0 Å². The van der Waals surface area contributed by atoms with Crippen molar-refractivity contribution in [1.82, 2.24) is 25.7 Å². The van der Waals surface area contributed by atoms with Crippen molar-refractivity contribution < 1.29 is 4.79 Å². The second-order valence-corrected chi connectivity index (χ2v) is 5.49. The molecule has 0 atom stereocenters. The molecule has 22 heavy (non-hydrogen) atoms. The molecule has 2 N–H and O–H groups in total. The molecule has 1 amide bonds. The Morgan fingerprint density at radius 3 is 2.77 bits per heavy atom. The van der Waals surface area contributed by atoms with Crippen molar-refractivity contribution in [3.63, 3.8) is 0 Å². The number of hydrogen-bond acceptors (Lipinski definition) is 4. The van der Waals surface area contributed by atoms with E-state index in [0.717, 1.165) is 15.7 Å². The molecule has 2 aromatic heterocycles. The third kappa shape index (κ3) is 3.37. The Balaban J connectivity index is 1.68. The number of benzene rings is 1. The maximum atomic E-state index is 12.1. The Kier molecular flexibility index (Phi) is 4.24. The Morgan fingerprint density at radius 2 is 2.05 bits per heavy atom. The predicted octanol–water partition coefficient (Wildman–Crippen LogP) is 2.56. The number of H-pyrrole nitrogens is 1. The molecule has 7 heteroatoms. The highest BCUT2D eigenvalue weighted by Crippen LogP contribution is 2.20. The van der Waals surface area contributed by atoms with Crippen LogP contribution >= 0.6 is 15.9 Å². The number of amides is 1. The highest BCUT2D eigenvalue weighted by atomic mass is 79.9. The van der Waals surface area contributed by atoms with Gasteiger partial charge >= 0.3 is 0 Å². The molecule has 1 aromatic carbocycles. The number of aromatic nitrogens is 4. The summed E-state index contributed by atoms with van der Waals surface area (Å²) in [5.41, 5.74) is 2.76. The Bertz CT molecular complexity index is 770. The summed E-state index contributed by atoms with van der Waals surface area (Å²) >= 11 is 3.39. The van der Waals surface area contributed by atoms with Crippen molar-refractivity contribution >= 4 is 21.8 Å². The van der Waals surface area contributed by atoms with Gasteiger partial charge in [0.05, 0.1) is 17.9 Å². The molecule has 0 radical (unpaired) electrons. The van der Waals surface area contributed by atoms with E-state index in [-0.39, 0.29) is 5.91 Å². The van der Waals surface area contributed by atoms with Crippen molar-refractivity contribution in [2.75, 3.05) is 0 Å². The van der Waals surface area contributed by atoms with Crippen molar-refractivity contribution in [3.8, 4) is 11.3 Å². The van der Waals surface area contributed by atoms with E-state index in [0.29, 0.717) is 17.9 Å². The molecule has 0 spiro atoms. The quantitative estimate of drug-likeness (QED) is 0.751. The number of halogens is 1. The van der Waals surface area contributed by atoms with Gasteiger partial charge in [0, 0.05) is 16.2 Å². The first-order valence-electron chi connectivity index (χ1n) is 6.58. The van der Waals surface area contributed by atoms with E-state index in [4.69, 9.17) is 0 Å². The molecule has 0 saturated carbocycles. The summed E-state index contributed by atoms with van der Waals surface area (Å²) in [6, 6.07) is 13.0. The van der Waals surface area contributed by atoms with E-state index in [1.165, 1.54) is 0 Å². The lowest BCUT2D eigenvalue weighted by molar-refractivity contribution is 0.0945. The summed E-state index contributed by atoms with van der Waals surface area (Å²) in [5.74, 6) is -0.235. The van der Waals surface area contributed by atoms with Crippen LogP contribution in [-0.2, 0) is 6.54 Å². The molecule has 0 saturated heterocycles. The van der Waals surface area contributed by atoms with E-state index in [1.54, 1.807) is 24.4 Å². The molecule has 0 unspecified atom stereocenters. The van der Waals surface area contributed by atoms with E-state index in [1.807, 2.05) is 24.3 Å². The summed E-state index contributed by atoms with van der Waals surface area (Å²) in [4.78, 5) is 12.1. The zero-order valence-corrected chi connectivity index (χ0v) is 13.0. The fourth-order valence-corrected chi connectivity index (χ4v) is 2.16. The zero-order valence-electron chi connectivity index (χ0n) is 11.5. The molecule has 3 aromatic rings. The lowest BCUT2D eigenvalue weighted by Crippen LogP contribution is -2.23. The van der Waals surface area contributed by atoms with Gasteiger partial charge in [-0.25, -0.2) is 0 Å². The highest BCUT2D eigenvalue weighted by molar-refractivity contribution is 9.10. The average molecular weight is 358 g/mol. The highest BCUT2D eigenvalue weighted by Gasteiger charge is 2.11. The maximum absolute atomic E-state index is 12.1. The fraction of sp³-hybridized carbons (Fsp3) is 0.0667. The minimum absolute atomic E-state index is 0.235. The van der Waals surface area contributed by atoms with Crippen LogP contribution in [0.2, 0.25) is 0 Å². The number of carbonyl (C=O) groups is 1. The predicted molar refractivity (Wildman–Crippen MR) is 84.9 cm³/mol. The summed E-state index contributed by atoms with van der Waals surface area (Å²) in [6.45, 7) is 0.319. The molecule has 0 aliphatic heterocycles. The second kappa shape index (κ2) is 6.48. The van der Waals surface area contributed by atoms with Crippen LogP contribution in [0.4, 0.5) is 0 Å². The lowest BCUT2D eigenvalue weighted by atomic mass is 10.1. The summed E-state index contributed by atoms with van der Waals surface area (Å²) in [6.07, 6.45) is 1.59. The molecule has 6 nitrogen and oxygen atoms in total. The van der Waals surface area contributed by atoms with Gasteiger partial charge < -0.3 is 5.32 Å². The smallest absolute Gasteiger partial charge is 0.269 e. The average Bonchev–Trinajstić information content (AvgIpc) is 3.04. The lowest BCUT2D eigenvalue weighted by Gasteiger charge is -2.01. The third-order valence-electron chi connectivity index (χ3n) is 3.02. The standard InChI is InChI=1S/C15H12BrN5O/c16-11-5-3-10(4-6-11)13-8-14(21-20-13)15(22)17-9-12-2-1-7-18-19-12/h1-8H,9H2,(H,17,22)(H,20,21). The van der Waals surface area contributed by atoms with Crippen LogP contribution in [0.5, 0.6) is 0 Å². The van der Waals surface area contributed by atoms with Crippen molar-refractivity contribution in [1.29, 1.82) is 0 Å². The molecule has 110 valence electrons. The minimum Gasteiger partial charge on any atom is -0.345 e. The van der Waals surface area contributed by atoms with Crippen molar-refractivity contribution in [2.45, 2.75) is 6.54 Å². The number of nitrogens with zero attached hydrogens (tertiary/aromatic N) is 3. The maximum Gasteiger partial charge on any atom is 0.269 e. The molecule has 0 aliphatic rings. The molecule has 3 rings (SSSR count). The van der Waals surface area contributed by atoms with Crippen LogP contribution in [0.1, 0.15) is 16.2 Å². The van der Waals surface area contributed by atoms with Crippen molar-refractivity contribution in [2.24, 2.45) is 0 Å². The number of nitrogens with one attached hydrogen (secondary N) is 2. The molecular formula is C15H12BrN5O. The third-order valence-corrected chi connectivity index (χ3v) is 3.55. The van der Waals surface area contributed by atoms with Gasteiger partial charge in [0.2, 0.25) is 0 Å². The zero-order chi connectivity index (χ0) is 15.4. The van der Waals surface area contributed by atoms with E-state index in [9.17, 15) is 4.79 Å². The number of hydrogen-bond donors (Lipinski definition) is 2. The van der Waals surface area contributed by atoms with E-state index in [2.05, 4.69) is 41.6 Å². The Labute approximate surface area is 135 Å². The van der Waals surface area contributed by atoms with Gasteiger partial charge in [-0.3, -0.25) is 9.89 Å². The summed E-state index contributed by atoms with van der Waals surface area (Å²) < 4.78 is 0.994. The van der Waals surface area contributed by atoms with Gasteiger partial charge in [0.25, 0.3) is 5.91 Å². The van der Waals surface area contributed by atoms with Crippen LogP contribution in [0.25, 0.3) is 11.3 Å². The van der Waals surface area contributed by atoms with Crippen LogP contribution < -0.4 is 5.32 Å². The van der Waals surface area contributed by atoms with E-state index >= 15 is 0 Å². The first kappa shape index (κ1) is 14.4. The largest absolute Gasteiger partial charge is 0.345 e. The first-order chi connectivity index (χ1) is 10.7. The van der Waals surface area contributed by atoms with Gasteiger partial charge in [0.1, 0.15) is 5.69 Å². The minimum atomic E-state index is -0.235. The van der Waals surface area contributed by atoms with Gasteiger partial charge in [-0.2, -0.15) is 15.3 Å². The molecule has 0 aliphatic carbocycles. The van der Waals surface area contributed by atoms with E-state index < -0.39 is 0 Å². The number of carbonyl (C=O) groups excluding carboxylic acids is 1. The second-order valence-electron chi connectivity index (χ2n) is 4.57. The Hall–Kier alpha value is -2.54. The molecule has 0 bridgehead atoms. The fourth-order valence-electron chi connectivity index (χ4n) is 1.90. The summed E-state index contributed by atoms with van der Waals surface area (Å²) in [7, 11) is 0. The first-order valence-corrected chi connectivity index (χ1v) is 7.38. The Morgan fingerprint density at radius 1 is 1.23 bits per heavy atom. The van der Waals surface area contributed by atoms with Crippen LogP contribution in [0.15, 0.2) is 53.1 Å². The molecule has 2 heterocycles. The topological polar surface area (TPSA) is 83.6 Å². The van der Waals surface area contributed by atoms with Gasteiger partial charge in [-0.15, -0.1) is 0 Å². The van der Waals surface area contributed by atoms with Gasteiger partial charge in [-0.1, -0.05) is 28.1 Å². The monoisotopic (exact) mass is 357 g/mol. The number of rotatable bonds is 4. The van der Waals surface area contributed by atoms with Gasteiger partial charge in [0.15, 0.2) is 0 Å². The molecular weight excluding hydrogens is 346 g/mol. The van der Waals surface area contributed by atoms with Crippen molar-refractivity contribution in [3.05, 3.63) is 64.5 Å². The summed E-state index contributed by atoms with van der Waals surface area (Å²) in [5, 5.41) is 17.3. The van der Waals surface area contributed by atoms with Crippen LogP contribution in [-0.4, -0.2) is 26.3 Å². The SMILES string of the molecule is O=C(NCc1cccnn1)c1cc(-c2ccc(Br)cc2)n[nH]1. The van der Waals surface area contributed by atoms with Gasteiger partial charge in [-0.05, 0) is 30.3 Å². The molecule has 0 fully saturated rings. The number of aromatic amines is 1.